The predicted molar refractivity (Wildman–Crippen MR) is 80.9 cm³/mol. The summed E-state index contributed by atoms with van der Waals surface area (Å²) in [5, 5.41) is 9.17. The molecule has 0 bridgehead atoms. The molecule has 0 spiro atoms. The molecule has 0 N–H and O–H groups in total. The molecule has 0 fully saturated rings. The molecular weight excluding hydrogens is 232 g/mol. The summed E-state index contributed by atoms with van der Waals surface area (Å²) < 4.78 is 0. The Balaban J connectivity index is 2.75. The minimum Gasteiger partial charge on any atom is -0.301 e. The summed E-state index contributed by atoms with van der Waals surface area (Å²) in [6, 6.07) is 6.82. The fourth-order valence-electron chi connectivity index (χ4n) is 2.28. The van der Waals surface area contributed by atoms with E-state index in [1.54, 1.807) is 0 Å². The van der Waals surface area contributed by atoms with Crippen LogP contribution in [0.3, 0.4) is 0 Å². The SMILES string of the molecule is Cc1ccc(CN(C)CC(C#N)C(C)C)c(C)c1C. The zero-order valence-electron chi connectivity index (χ0n) is 13.1. The molecule has 0 radical (unpaired) electrons. The van der Waals surface area contributed by atoms with E-state index in [0.29, 0.717) is 5.92 Å². The first kappa shape index (κ1) is 15.7. The van der Waals surface area contributed by atoms with E-state index in [0.717, 1.165) is 13.1 Å². The molecule has 0 heterocycles. The second kappa shape index (κ2) is 6.73. The normalized spacial score (nSPS) is 12.8. The Bertz CT molecular complexity index is 469. The lowest BCUT2D eigenvalue weighted by Gasteiger charge is -2.23. The van der Waals surface area contributed by atoms with Gasteiger partial charge in [-0.05, 0) is 56.0 Å². The largest absolute Gasteiger partial charge is 0.301 e. The molecule has 1 atom stereocenters. The Hall–Kier alpha value is -1.33. The van der Waals surface area contributed by atoms with Crippen molar-refractivity contribution < 1.29 is 0 Å². The van der Waals surface area contributed by atoms with Crippen LogP contribution in [0.4, 0.5) is 0 Å². The zero-order valence-corrected chi connectivity index (χ0v) is 13.1. The van der Waals surface area contributed by atoms with Gasteiger partial charge in [0.05, 0.1) is 12.0 Å². The van der Waals surface area contributed by atoms with Gasteiger partial charge in [0.15, 0.2) is 0 Å². The van der Waals surface area contributed by atoms with Crippen molar-refractivity contribution in [1.82, 2.24) is 4.90 Å². The molecule has 1 aromatic rings. The number of benzene rings is 1. The van der Waals surface area contributed by atoms with Gasteiger partial charge in [0.25, 0.3) is 0 Å². The molecular formula is C17H26N2. The van der Waals surface area contributed by atoms with Crippen LogP contribution in [0.2, 0.25) is 0 Å². The first-order valence-electron chi connectivity index (χ1n) is 7.00. The lowest BCUT2D eigenvalue weighted by atomic mass is 9.96. The van der Waals surface area contributed by atoms with E-state index in [4.69, 9.17) is 5.26 Å². The summed E-state index contributed by atoms with van der Waals surface area (Å²) in [5.74, 6) is 0.519. The van der Waals surface area contributed by atoms with E-state index in [1.807, 2.05) is 0 Å². The maximum absolute atomic E-state index is 9.17. The molecule has 1 rings (SSSR count). The second-order valence-corrected chi connectivity index (χ2v) is 5.97. The first-order chi connectivity index (χ1) is 8.86. The lowest BCUT2D eigenvalue weighted by molar-refractivity contribution is 0.265. The Morgan fingerprint density at radius 2 is 1.79 bits per heavy atom. The molecule has 0 aromatic heterocycles. The average molecular weight is 258 g/mol. The maximum Gasteiger partial charge on any atom is 0.0672 e. The van der Waals surface area contributed by atoms with E-state index in [-0.39, 0.29) is 5.92 Å². The Morgan fingerprint density at radius 1 is 1.16 bits per heavy atom. The topological polar surface area (TPSA) is 27.0 Å². The standard InChI is InChI=1S/C17H26N2/c1-12(2)17(9-18)11-19(6)10-16-8-7-13(3)14(4)15(16)5/h7-8,12,17H,10-11H2,1-6H3. The van der Waals surface area contributed by atoms with Gasteiger partial charge in [-0.1, -0.05) is 26.0 Å². The Morgan fingerprint density at radius 3 is 2.32 bits per heavy atom. The highest BCUT2D eigenvalue weighted by atomic mass is 15.1. The molecule has 0 saturated heterocycles. The molecule has 2 nitrogen and oxygen atoms in total. The van der Waals surface area contributed by atoms with E-state index >= 15 is 0 Å². The number of nitrogens with zero attached hydrogens (tertiary/aromatic N) is 2. The van der Waals surface area contributed by atoms with Crippen molar-refractivity contribution in [1.29, 1.82) is 5.26 Å². The van der Waals surface area contributed by atoms with Crippen molar-refractivity contribution in [3.63, 3.8) is 0 Å². The van der Waals surface area contributed by atoms with Gasteiger partial charge in [-0.3, -0.25) is 0 Å². The summed E-state index contributed by atoms with van der Waals surface area (Å²) >= 11 is 0. The molecule has 0 amide bonds. The van der Waals surface area contributed by atoms with Crippen molar-refractivity contribution in [3.8, 4) is 6.07 Å². The van der Waals surface area contributed by atoms with Crippen molar-refractivity contribution in [2.75, 3.05) is 13.6 Å². The number of hydrogen-bond donors (Lipinski definition) is 0. The van der Waals surface area contributed by atoms with Gasteiger partial charge in [0.2, 0.25) is 0 Å². The highest BCUT2D eigenvalue weighted by Gasteiger charge is 2.15. The average Bonchev–Trinajstić information content (AvgIpc) is 2.36. The number of nitriles is 1. The van der Waals surface area contributed by atoms with Crippen LogP contribution in [0.5, 0.6) is 0 Å². The monoisotopic (exact) mass is 258 g/mol. The van der Waals surface area contributed by atoms with Gasteiger partial charge in [0, 0.05) is 13.1 Å². The van der Waals surface area contributed by atoms with Crippen molar-refractivity contribution >= 4 is 0 Å². The van der Waals surface area contributed by atoms with Crippen LogP contribution in [0.15, 0.2) is 12.1 Å². The molecule has 0 aliphatic heterocycles. The maximum atomic E-state index is 9.17. The van der Waals surface area contributed by atoms with Gasteiger partial charge >= 0.3 is 0 Å². The highest BCUT2D eigenvalue weighted by Crippen LogP contribution is 2.19. The fraction of sp³-hybridized carbons (Fsp3) is 0.588. The van der Waals surface area contributed by atoms with Gasteiger partial charge in [-0.2, -0.15) is 5.26 Å². The quantitative estimate of drug-likeness (QED) is 0.802. The summed E-state index contributed by atoms with van der Waals surface area (Å²) in [6.07, 6.45) is 0. The number of hydrogen-bond acceptors (Lipinski definition) is 2. The Kier molecular flexibility index (Phi) is 5.57. The third-order valence-corrected chi connectivity index (χ3v) is 4.09. The van der Waals surface area contributed by atoms with Crippen LogP contribution >= 0.6 is 0 Å². The minimum atomic E-state index is 0.108. The van der Waals surface area contributed by atoms with Gasteiger partial charge in [-0.15, -0.1) is 0 Å². The van der Waals surface area contributed by atoms with E-state index < -0.39 is 0 Å². The lowest BCUT2D eigenvalue weighted by Crippen LogP contribution is -2.27. The highest BCUT2D eigenvalue weighted by molar-refractivity contribution is 5.38. The van der Waals surface area contributed by atoms with E-state index in [2.05, 4.69) is 64.8 Å². The third kappa shape index (κ3) is 4.08. The van der Waals surface area contributed by atoms with Crippen LogP contribution in [-0.4, -0.2) is 18.5 Å². The molecule has 0 saturated carbocycles. The molecule has 0 aliphatic carbocycles. The number of aryl methyl sites for hydroxylation is 1. The number of rotatable bonds is 5. The summed E-state index contributed by atoms with van der Waals surface area (Å²) in [4.78, 5) is 2.25. The minimum absolute atomic E-state index is 0.108. The van der Waals surface area contributed by atoms with Crippen molar-refractivity contribution in [2.24, 2.45) is 11.8 Å². The van der Waals surface area contributed by atoms with Gasteiger partial charge in [0.1, 0.15) is 0 Å². The van der Waals surface area contributed by atoms with Crippen LogP contribution in [0, 0.1) is 43.9 Å². The molecule has 2 heteroatoms. The smallest absolute Gasteiger partial charge is 0.0672 e. The molecule has 104 valence electrons. The van der Waals surface area contributed by atoms with E-state index in [9.17, 15) is 0 Å². The first-order valence-corrected chi connectivity index (χ1v) is 7.00. The van der Waals surface area contributed by atoms with Crippen LogP contribution in [0.1, 0.15) is 36.1 Å². The summed E-state index contributed by atoms with van der Waals surface area (Å²) in [7, 11) is 2.10. The molecule has 1 aromatic carbocycles. The Labute approximate surface area is 118 Å². The molecule has 1 unspecified atom stereocenters. The van der Waals surface area contributed by atoms with Gasteiger partial charge in [-0.25, -0.2) is 0 Å². The molecule has 19 heavy (non-hydrogen) atoms. The second-order valence-electron chi connectivity index (χ2n) is 5.97. The van der Waals surface area contributed by atoms with Gasteiger partial charge < -0.3 is 4.90 Å². The third-order valence-electron chi connectivity index (χ3n) is 4.09. The predicted octanol–water partition coefficient (Wildman–Crippen LogP) is 3.84. The fourth-order valence-corrected chi connectivity index (χ4v) is 2.28. The van der Waals surface area contributed by atoms with Crippen LogP contribution in [-0.2, 0) is 6.54 Å². The zero-order chi connectivity index (χ0) is 14.6. The van der Waals surface area contributed by atoms with Crippen molar-refractivity contribution in [3.05, 3.63) is 34.4 Å². The van der Waals surface area contributed by atoms with E-state index in [1.165, 1.54) is 22.3 Å². The summed E-state index contributed by atoms with van der Waals surface area (Å²) in [5.41, 5.74) is 5.48. The van der Waals surface area contributed by atoms with Crippen LogP contribution < -0.4 is 0 Å². The summed E-state index contributed by atoms with van der Waals surface area (Å²) in [6.45, 7) is 12.5. The van der Waals surface area contributed by atoms with Crippen LogP contribution in [0.25, 0.3) is 0 Å². The molecule has 0 aliphatic rings. The van der Waals surface area contributed by atoms with Crippen molar-refractivity contribution in [2.45, 2.75) is 41.2 Å².